The van der Waals surface area contributed by atoms with Gasteiger partial charge < -0.3 is 14.1 Å². The predicted octanol–water partition coefficient (Wildman–Crippen LogP) is -6.26. The minimum atomic E-state index is -3.63. The van der Waals surface area contributed by atoms with Crippen LogP contribution in [0.3, 0.4) is 0 Å². The maximum Gasteiger partial charge on any atom is 3.00 e. The Bertz CT molecular complexity index is 37.9. The Kier molecular flexibility index (Phi) is 52.3. The fraction of sp³-hybridized carbons (Fsp3) is 0. The maximum absolute atomic E-state index is 8.52. The molecule has 0 aliphatic rings. The third-order valence-corrected chi connectivity index (χ3v) is 0. The first-order chi connectivity index (χ1) is 1.73. The molecule has 0 aliphatic heterocycles. The van der Waals surface area contributed by atoms with Crippen molar-refractivity contribution in [1.82, 2.24) is 0 Å². The van der Waals surface area contributed by atoms with Crippen molar-refractivity contribution in [3.05, 3.63) is 0 Å². The first kappa shape index (κ1) is 23.4. The van der Waals surface area contributed by atoms with Gasteiger partial charge in [0.25, 0.3) is 0 Å². The smallest absolute Gasteiger partial charge is 0.672 e. The van der Waals surface area contributed by atoms with Crippen molar-refractivity contribution >= 4 is 26.5 Å². The molecular formula is AlFeNaO3Si+4. The molecule has 0 saturated heterocycles. The Labute approximate surface area is 86.3 Å². The number of rotatable bonds is 0. The van der Waals surface area contributed by atoms with Gasteiger partial charge in [-0.25, -0.2) is 0 Å². The van der Waals surface area contributed by atoms with Crippen LogP contribution in [-0.2, 0) is 21.5 Å². The van der Waals surface area contributed by atoms with Crippen LogP contribution < -0.4 is 39.1 Å². The van der Waals surface area contributed by atoms with E-state index in [-0.39, 0.29) is 64.0 Å². The molecule has 0 radical (unpaired) electrons. The van der Waals surface area contributed by atoms with Gasteiger partial charge in [-0.3, -0.25) is 0 Å². The Morgan fingerprint density at radius 2 is 1.29 bits per heavy atom. The van der Waals surface area contributed by atoms with E-state index in [0.717, 1.165) is 0 Å². The van der Waals surface area contributed by atoms with Crippen LogP contribution in [0.1, 0.15) is 0 Å². The van der Waals surface area contributed by atoms with Crippen LogP contribution in [-0.4, -0.2) is 26.5 Å². The quantitative estimate of drug-likeness (QED) is 0.350. The Hall–Kier alpha value is 1.67. The standard InChI is InChI=1S/Al.Fe.Na.O3Si/c;;;1-4(2)3/q+3;+2;+1;-2. The molecule has 7 heteroatoms. The van der Waals surface area contributed by atoms with Gasteiger partial charge in [0.2, 0.25) is 0 Å². The van der Waals surface area contributed by atoms with Crippen LogP contribution in [0.5, 0.6) is 0 Å². The monoisotopic (exact) mass is 182 g/mol. The van der Waals surface area contributed by atoms with E-state index in [1.807, 2.05) is 0 Å². The minimum Gasteiger partial charge on any atom is -0.672 e. The summed E-state index contributed by atoms with van der Waals surface area (Å²) in [5, 5.41) is 0. The van der Waals surface area contributed by atoms with Crippen molar-refractivity contribution in [3.8, 4) is 0 Å². The average Bonchev–Trinajstić information content (AvgIpc) is 0.811. The van der Waals surface area contributed by atoms with Crippen molar-refractivity contribution in [2.45, 2.75) is 0 Å². The number of hydrogen-bond donors (Lipinski definition) is 0. The molecule has 0 N–H and O–H groups in total. The molecule has 0 fully saturated rings. The van der Waals surface area contributed by atoms with E-state index in [9.17, 15) is 0 Å². The third kappa shape index (κ3) is 88.5. The van der Waals surface area contributed by atoms with Gasteiger partial charge in [-0.05, 0) is 0 Å². The summed E-state index contributed by atoms with van der Waals surface area (Å²) < 4.78 is 8.52. The van der Waals surface area contributed by atoms with E-state index < -0.39 is 9.17 Å². The van der Waals surface area contributed by atoms with E-state index in [4.69, 9.17) is 14.1 Å². The first-order valence-electron chi connectivity index (χ1n) is 0.612. The van der Waals surface area contributed by atoms with Crippen LogP contribution in [0.2, 0.25) is 0 Å². The molecular weight excluding hydrogens is 182 g/mol. The van der Waals surface area contributed by atoms with Gasteiger partial charge >= 0.3 is 64.0 Å². The van der Waals surface area contributed by atoms with E-state index in [0.29, 0.717) is 0 Å². The molecule has 0 rings (SSSR count). The molecule has 0 aromatic heterocycles. The van der Waals surface area contributed by atoms with E-state index in [1.54, 1.807) is 0 Å². The molecule has 0 saturated carbocycles. The van der Waals surface area contributed by atoms with Gasteiger partial charge in [0.05, 0.1) is 0 Å². The molecule has 0 aromatic carbocycles. The largest absolute Gasteiger partial charge is 3.00 e. The predicted molar refractivity (Wildman–Crippen MR) is 12.2 cm³/mol. The third-order valence-electron chi connectivity index (χ3n) is 0. The zero-order valence-electron chi connectivity index (χ0n) is 3.66. The second-order valence-corrected chi connectivity index (χ2v) is 0.750. The summed E-state index contributed by atoms with van der Waals surface area (Å²) in [7, 11) is -3.63. The van der Waals surface area contributed by atoms with Crippen LogP contribution >= 0.6 is 0 Å². The van der Waals surface area contributed by atoms with Crippen LogP contribution in [0.4, 0.5) is 0 Å². The summed E-state index contributed by atoms with van der Waals surface area (Å²) >= 11 is 0. The Balaban J connectivity index is -0.0000000150. The second-order valence-electron chi connectivity index (χ2n) is 0.250. The van der Waals surface area contributed by atoms with Crippen molar-refractivity contribution in [2.24, 2.45) is 0 Å². The molecule has 0 heterocycles. The average molecular weight is 182 g/mol. The normalized spacial score (nSPS) is 3.43. The topological polar surface area (TPSA) is 63.2 Å². The molecule has 0 spiro atoms. The summed E-state index contributed by atoms with van der Waals surface area (Å²) in [6, 6.07) is 0. The summed E-state index contributed by atoms with van der Waals surface area (Å²) in [5.41, 5.74) is 0. The summed E-state index contributed by atoms with van der Waals surface area (Å²) in [4.78, 5) is 17.0. The molecule has 30 valence electrons. The molecule has 7 heavy (non-hydrogen) atoms. The van der Waals surface area contributed by atoms with E-state index >= 15 is 0 Å². The van der Waals surface area contributed by atoms with Crippen LogP contribution in [0.15, 0.2) is 0 Å². The molecule has 0 aliphatic carbocycles. The van der Waals surface area contributed by atoms with E-state index in [2.05, 4.69) is 0 Å². The molecule has 0 bridgehead atoms. The first-order valence-corrected chi connectivity index (χ1v) is 1.84. The van der Waals surface area contributed by atoms with Crippen molar-refractivity contribution in [2.75, 3.05) is 0 Å². The zero-order valence-corrected chi connectivity index (χ0v) is 8.91. The van der Waals surface area contributed by atoms with Crippen molar-refractivity contribution < 1.29 is 60.7 Å². The van der Waals surface area contributed by atoms with Gasteiger partial charge in [0.15, 0.2) is 0 Å². The Morgan fingerprint density at radius 1 is 1.29 bits per heavy atom. The van der Waals surface area contributed by atoms with Crippen LogP contribution in [0.25, 0.3) is 0 Å². The SMILES string of the molecule is O=[Si]([O-])[O-].[Al+3].[Fe+2].[Na+]. The van der Waals surface area contributed by atoms with Gasteiger partial charge in [0.1, 0.15) is 0 Å². The Morgan fingerprint density at radius 3 is 1.29 bits per heavy atom. The molecule has 0 aromatic rings. The van der Waals surface area contributed by atoms with E-state index in [1.165, 1.54) is 0 Å². The van der Waals surface area contributed by atoms with Crippen molar-refractivity contribution in [1.29, 1.82) is 0 Å². The summed E-state index contributed by atoms with van der Waals surface area (Å²) in [6.07, 6.45) is 0. The molecule has 0 unspecified atom stereocenters. The van der Waals surface area contributed by atoms with Gasteiger partial charge in [-0.2, -0.15) is 0 Å². The van der Waals surface area contributed by atoms with Crippen LogP contribution in [0, 0.1) is 0 Å². The zero-order chi connectivity index (χ0) is 3.58. The summed E-state index contributed by atoms with van der Waals surface area (Å²) in [5.74, 6) is 0. The van der Waals surface area contributed by atoms with Gasteiger partial charge in [-0.1, -0.05) is 0 Å². The molecule has 3 nitrogen and oxygen atoms in total. The fourth-order valence-electron chi connectivity index (χ4n) is 0. The molecule has 0 atom stereocenters. The van der Waals surface area contributed by atoms with Gasteiger partial charge in [0, 0.05) is 9.17 Å². The minimum absolute atomic E-state index is 0. The summed E-state index contributed by atoms with van der Waals surface area (Å²) in [6.45, 7) is 0. The maximum atomic E-state index is 8.52. The van der Waals surface area contributed by atoms with Gasteiger partial charge in [-0.15, -0.1) is 0 Å². The second kappa shape index (κ2) is 15.6. The molecule has 0 amide bonds. The van der Waals surface area contributed by atoms with Crippen molar-refractivity contribution in [3.63, 3.8) is 0 Å². The fourth-order valence-corrected chi connectivity index (χ4v) is 0. The number of hydrogen-bond acceptors (Lipinski definition) is 3.